The lowest BCUT2D eigenvalue weighted by atomic mass is 9.82. The van der Waals surface area contributed by atoms with E-state index in [2.05, 4.69) is 0 Å². The van der Waals surface area contributed by atoms with Crippen molar-refractivity contribution in [1.29, 1.82) is 0 Å². The van der Waals surface area contributed by atoms with Gasteiger partial charge in [0.15, 0.2) is 11.5 Å². The molecule has 1 aromatic rings. The Labute approximate surface area is 243 Å². The van der Waals surface area contributed by atoms with Gasteiger partial charge in [-0.15, -0.1) is 0 Å². The molecule has 11 heteroatoms. The summed E-state index contributed by atoms with van der Waals surface area (Å²) in [5.74, 6) is -3.64. The molecule has 0 aliphatic carbocycles. The lowest BCUT2D eigenvalue weighted by Gasteiger charge is -2.28. The third kappa shape index (κ3) is 11.6. The summed E-state index contributed by atoms with van der Waals surface area (Å²) in [6.07, 6.45) is -1.47. The van der Waals surface area contributed by atoms with E-state index in [1.807, 2.05) is 34.6 Å². The maximum atomic E-state index is 12.6. The van der Waals surface area contributed by atoms with E-state index >= 15 is 0 Å². The van der Waals surface area contributed by atoms with Gasteiger partial charge in [0.05, 0.1) is 12.5 Å². The van der Waals surface area contributed by atoms with E-state index in [4.69, 9.17) is 29.4 Å². The molecule has 11 nitrogen and oxygen atoms in total. The Hall–Kier alpha value is -3.34. The first kappa shape index (κ1) is 35.7. The quantitative estimate of drug-likeness (QED) is 0.144. The van der Waals surface area contributed by atoms with E-state index in [0.29, 0.717) is 12.0 Å². The molecule has 0 saturated carbocycles. The molecule has 0 heterocycles. The maximum Gasteiger partial charge on any atom is 0.514 e. The van der Waals surface area contributed by atoms with E-state index < -0.39 is 48.4 Å². The Morgan fingerprint density at radius 2 is 1.34 bits per heavy atom. The fourth-order valence-electron chi connectivity index (χ4n) is 3.75. The molecule has 0 saturated heterocycles. The highest BCUT2D eigenvalue weighted by Gasteiger charge is 2.33. The summed E-state index contributed by atoms with van der Waals surface area (Å²) in [7, 11) is 0. The molecule has 0 fully saturated rings. The Morgan fingerprint density at radius 3 is 1.80 bits per heavy atom. The Bertz CT molecular complexity index is 1020. The van der Waals surface area contributed by atoms with E-state index in [1.165, 1.54) is 18.2 Å². The first-order valence-corrected chi connectivity index (χ1v) is 14.1. The number of benzene rings is 1. The molecule has 0 aliphatic rings. The van der Waals surface area contributed by atoms with Gasteiger partial charge < -0.3 is 34.5 Å². The van der Waals surface area contributed by atoms with Crippen molar-refractivity contribution in [2.24, 2.45) is 29.4 Å². The van der Waals surface area contributed by atoms with Gasteiger partial charge >= 0.3 is 24.2 Å². The highest BCUT2D eigenvalue weighted by molar-refractivity contribution is 5.75. The van der Waals surface area contributed by atoms with Crippen molar-refractivity contribution in [3.63, 3.8) is 0 Å². The fourth-order valence-corrected chi connectivity index (χ4v) is 3.75. The second-order valence-corrected chi connectivity index (χ2v) is 11.2. The van der Waals surface area contributed by atoms with Gasteiger partial charge in [-0.05, 0) is 55.7 Å². The zero-order valence-corrected chi connectivity index (χ0v) is 25.7. The number of nitrogens with two attached hydrogens (primary N) is 1. The zero-order chi connectivity index (χ0) is 31.4. The van der Waals surface area contributed by atoms with E-state index in [1.54, 1.807) is 27.7 Å². The van der Waals surface area contributed by atoms with Crippen LogP contribution in [0.15, 0.2) is 18.2 Å². The number of rotatable bonds is 15. The monoisotopic (exact) mass is 581 g/mol. The van der Waals surface area contributed by atoms with Crippen LogP contribution >= 0.6 is 0 Å². The molecule has 0 spiro atoms. The van der Waals surface area contributed by atoms with Crippen molar-refractivity contribution < 1.29 is 48.0 Å². The molecular weight excluding hydrogens is 534 g/mol. The summed E-state index contributed by atoms with van der Waals surface area (Å²) in [5.41, 5.74) is 6.44. The smallest absolute Gasteiger partial charge is 0.480 e. The number of carboxylic acids is 1. The third-order valence-electron chi connectivity index (χ3n) is 7.08. The largest absolute Gasteiger partial charge is 0.514 e. The van der Waals surface area contributed by atoms with Crippen molar-refractivity contribution in [1.82, 2.24) is 0 Å². The van der Waals surface area contributed by atoms with Crippen molar-refractivity contribution in [3.05, 3.63) is 23.8 Å². The summed E-state index contributed by atoms with van der Waals surface area (Å²) in [6.45, 7) is 16.3. The number of hydrogen-bond acceptors (Lipinski definition) is 10. The minimum atomic E-state index is -1.39. The van der Waals surface area contributed by atoms with Gasteiger partial charge in [0.2, 0.25) is 0 Å². The van der Waals surface area contributed by atoms with Crippen molar-refractivity contribution in [2.75, 3.05) is 6.61 Å². The normalized spacial score (nSPS) is 15.7. The SMILES string of the molecule is CCCC(C)C(=O)OCC(C)C(c1ccc(OC(=O)OC(C)C(C)C)c(OC(=O)OC(C)C(C)C)c1)[C@H](N)C(=O)O. The van der Waals surface area contributed by atoms with Gasteiger partial charge in [-0.25, -0.2) is 9.59 Å². The van der Waals surface area contributed by atoms with Gasteiger partial charge in [-0.3, -0.25) is 9.59 Å². The van der Waals surface area contributed by atoms with Crippen LogP contribution in [0.4, 0.5) is 9.59 Å². The van der Waals surface area contributed by atoms with Crippen molar-refractivity contribution >= 4 is 24.2 Å². The summed E-state index contributed by atoms with van der Waals surface area (Å²) >= 11 is 0. The van der Waals surface area contributed by atoms with Crippen LogP contribution in [0.3, 0.4) is 0 Å². The minimum absolute atomic E-state index is 0.0126. The molecule has 0 aliphatic heterocycles. The molecule has 1 aromatic carbocycles. The van der Waals surface area contributed by atoms with Gasteiger partial charge in [0.1, 0.15) is 18.2 Å². The number of carboxylic acid groups (broad SMARTS) is 1. The summed E-state index contributed by atoms with van der Waals surface area (Å²) in [5, 5.41) is 9.74. The minimum Gasteiger partial charge on any atom is -0.480 e. The molecule has 6 atom stereocenters. The standard InChI is InChI=1S/C30H47NO10/c1-10-11-18(6)28(34)37-15-19(7)25(26(31)27(32)33)22-12-13-23(40-29(35)38-20(8)16(2)3)24(14-22)41-30(36)39-21(9)17(4)5/h12-14,16-21,25-26H,10-11,15,31H2,1-9H3,(H,32,33)/t18?,19?,20?,21?,25?,26-/m0/s1. The van der Waals surface area contributed by atoms with E-state index in [0.717, 1.165) is 6.42 Å². The molecule has 232 valence electrons. The highest BCUT2D eigenvalue weighted by atomic mass is 16.7. The first-order chi connectivity index (χ1) is 19.1. The molecular formula is C30H47NO10. The predicted octanol–water partition coefficient (Wildman–Crippen LogP) is 5.92. The van der Waals surface area contributed by atoms with Crippen LogP contribution in [-0.2, 0) is 23.8 Å². The van der Waals surface area contributed by atoms with E-state index in [-0.39, 0.29) is 41.8 Å². The zero-order valence-electron chi connectivity index (χ0n) is 25.7. The second kappa shape index (κ2) is 16.8. The van der Waals surface area contributed by atoms with Crippen LogP contribution in [0.25, 0.3) is 0 Å². The maximum absolute atomic E-state index is 12.6. The molecule has 41 heavy (non-hydrogen) atoms. The molecule has 0 amide bonds. The summed E-state index contributed by atoms with van der Waals surface area (Å²) in [4.78, 5) is 49.4. The Morgan fingerprint density at radius 1 is 0.829 bits per heavy atom. The van der Waals surface area contributed by atoms with Gasteiger partial charge in [-0.2, -0.15) is 0 Å². The third-order valence-corrected chi connectivity index (χ3v) is 7.08. The topological polar surface area (TPSA) is 161 Å². The van der Waals surface area contributed by atoms with Gasteiger partial charge in [-0.1, -0.05) is 61.0 Å². The number of hydrogen-bond donors (Lipinski definition) is 2. The number of esters is 1. The van der Waals surface area contributed by atoms with Gasteiger partial charge in [0.25, 0.3) is 0 Å². The van der Waals surface area contributed by atoms with Crippen molar-refractivity contribution in [3.8, 4) is 11.5 Å². The molecule has 0 aromatic heterocycles. The number of ether oxygens (including phenoxy) is 5. The number of carbonyl (C=O) groups excluding carboxylic acids is 3. The summed E-state index contributed by atoms with van der Waals surface area (Å²) in [6, 6.07) is 2.84. The Kier molecular flexibility index (Phi) is 14.6. The lowest BCUT2D eigenvalue weighted by molar-refractivity contribution is -0.149. The first-order valence-electron chi connectivity index (χ1n) is 14.1. The van der Waals surface area contributed by atoms with Crippen LogP contribution in [-0.4, -0.2) is 54.2 Å². The van der Waals surface area contributed by atoms with Gasteiger partial charge in [0, 0.05) is 5.92 Å². The number of aliphatic carboxylic acids is 1. The van der Waals surface area contributed by atoms with Crippen LogP contribution in [0.2, 0.25) is 0 Å². The molecule has 3 N–H and O–H groups in total. The highest BCUT2D eigenvalue weighted by Crippen LogP contribution is 2.36. The molecule has 0 radical (unpaired) electrons. The molecule has 0 bridgehead atoms. The second-order valence-electron chi connectivity index (χ2n) is 11.2. The predicted molar refractivity (Wildman–Crippen MR) is 152 cm³/mol. The van der Waals surface area contributed by atoms with Crippen molar-refractivity contribution in [2.45, 2.75) is 99.3 Å². The number of carbonyl (C=O) groups is 4. The lowest BCUT2D eigenvalue weighted by Crippen LogP contribution is -2.41. The average Bonchev–Trinajstić information content (AvgIpc) is 2.88. The van der Waals surface area contributed by atoms with Crippen LogP contribution < -0.4 is 15.2 Å². The summed E-state index contributed by atoms with van der Waals surface area (Å²) < 4.78 is 26.8. The van der Waals surface area contributed by atoms with Crippen LogP contribution in [0, 0.1) is 23.7 Å². The molecule has 5 unspecified atom stereocenters. The Balaban J connectivity index is 3.40. The van der Waals surface area contributed by atoms with E-state index in [9.17, 15) is 24.3 Å². The molecule has 1 rings (SSSR count). The average molecular weight is 582 g/mol. The fraction of sp³-hybridized carbons (Fsp3) is 0.667. The van der Waals surface area contributed by atoms with Crippen LogP contribution in [0.5, 0.6) is 11.5 Å². The van der Waals surface area contributed by atoms with Crippen LogP contribution in [0.1, 0.15) is 86.6 Å².